The van der Waals surface area contributed by atoms with Crippen LogP contribution in [0.3, 0.4) is 0 Å². The predicted molar refractivity (Wildman–Crippen MR) is 63.2 cm³/mol. The summed E-state index contributed by atoms with van der Waals surface area (Å²) in [6.45, 7) is 1.20. The normalized spacial score (nSPS) is 11.6. The molecule has 0 aliphatic heterocycles. The molecule has 0 aliphatic carbocycles. The molecule has 0 radical (unpaired) electrons. The van der Waals surface area contributed by atoms with Crippen LogP contribution < -0.4 is 0 Å². The Morgan fingerprint density at radius 2 is 1.05 bits per heavy atom. The van der Waals surface area contributed by atoms with Crippen molar-refractivity contribution in [2.45, 2.75) is 6.92 Å². The lowest BCUT2D eigenvalue weighted by molar-refractivity contribution is 0.414. The van der Waals surface area contributed by atoms with Gasteiger partial charge in [-0.1, -0.05) is 0 Å². The van der Waals surface area contributed by atoms with Gasteiger partial charge in [-0.2, -0.15) is 0 Å². The molecule has 1 aromatic heterocycles. The fraction of sp³-hybridized carbons (Fsp3) is 0.0769. The molecular weight excluding hydrogens is 314 g/mol. The Kier molecular flexibility index (Phi) is 2.91. The van der Waals surface area contributed by atoms with Crippen molar-refractivity contribution in [1.82, 2.24) is 9.97 Å². The fourth-order valence-electron chi connectivity index (χ4n) is 2.10. The van der Waals surface area contributed by atoms with Crippen molar-refractivity contribution in [1.29, 1.82) is 0 Å². The van der Waals surface area contributed by atoms with Crippen molar-refractivity contribution in [3.05, 3.63) is 40.6 Å². The molecule has 0 unspecified atom stereocenters. The molecule has 1 N–H and O–H groups in total. The maximum absolute atomic E-state index is 14.3. The van der Waals surface area contributed by atoms with Gasteiger partial charge in [0, 0.05) is 0 Å². The summed E-state index contributed by atoms with van der Waals surface area (Å²) in [5.74, 6) is -12.8. The van der Waals surface area contributed by atoms with Crippen LogP contribution in [0.25, 0.3) is 21.8 Å². The van der Waals surface area contributed by atoms with Crippen LogP contribution in [0.15, 0.2) is 0 Å². The number of fused-ring (bicyclic) bond motifs is 2. The van der Waals surface area contributed by atoms with Crippen LogP contribution in [0, 0.1) is 41.8 Å². The van der Waals surface area contributed by atoms with Crippen LogP contribution in [0.1, 0.15) is 5.69 Å². The van der Waals surface area contributed by atoms with E-state index < -0.39 is 62.6 Å². The summed E-state index contributed by atoms with van der Waals surface area (Å²) >= 11 is 0. The third kappa shape index (κ3) is 1.65. The number of hydrogen-bond donors (Lipinski definition) is 1. The van der Waals surface area contributed by atoms with Gasteiger partial charge in [-0.15, -0.1) is 0 Å². The minimum Gasteiger partial charge on any atom is -0.492 e. The second-order valence-electron chi connectivity index (χ2n) is 4.46. The predicted octanol–water partition coefficient (Wildman–Crippen LogP) is 3.63. The first-order valence-corrected chi connectivity index (χ1v) is 5.75. The minimum absolute atomic E-state index is 0.214. The Labute approximate surface area is 117 Å². The number of rotatable bonds is 0. The zero-order valence-corrected chi connectivity index (χ0v) is 10.6. The van der Waals surface area contributed by atoms with Crippen LogP contribution >= 0.6 is 0 Å². The summed E-state index contributed by atoms with van der Waals surface area (Å²) in [4.78, 5) is 6.76. The summed E-state index contributed by atoms with van der Waals surface area (Å²) in [6, 6.07) is 0. The van der Waals surface area contributed by atoms with Crippen LogP contribution in [-0.4, -0.2) is 15.1 Å². The molecule has 1 heterocycles. The highest BCUT2D eigenvalue weighted by molar-refractivity contribution is 5.97. The van der Waals surface area contributed by atoms with Crippen LogP contribution in [0.2, 0.25) is 0 Å². The standard InChI is InChI=1S/C13H4F6N2O/c1-2-13(22)21-12-8(17)4-3(7(16)11(12)20-2)5(14)9(18)10(19)6(4)15/h1H3,(H,21,22). The first-order chi connectivity index (χ1) is 10.3. The Bertz CT molecular complexity index is 895. The molecule has 0 atom stereocenters. The van der Waals surface area contributed by atoms with Crippen molar-refractivity contribution >= 4 is 21.8 Å². The maximum Gasteiger partial charge on any atom is 0.233 e. The van der Waals surface area contributed by atoms with Crippen LogP contribution in [0.4, 0.5) is 26.3 Å². The van der Waals surface area contributed by atoms with Gasteiger partial charge >= 0.3 is 0 Å². The zero-order valence-electron chi connectivity index (χ0n) is 10.6. The van der Waals surface area contributed by atoms with Gasteiger partial charge < -0.3 is 5.11 Å². The lowest BCUT2D eigenvalue weighted by atomic mass is 10.1. The van der Waals surface area contributed by atoms with Crippen LogP contribution in [0.5, 0.6) is 5.88 Å². The van der Waals surface area contributed by atoms with E-state index in [1.807, 2.05) is 0 Å². The van der Waals surface area contributed by atoms with Gasteiger partial charge in [0.05, 0.1) is 10.8 Å². The van der Waals surface area contributed by atoms with E-state index in [0.717, 1.165) is 0 Å². The highest BCUT2D eigenvalue weighted by atomic mass is 19.2. The van der Waals surface area contributed by atoms with Crippen molar-refractivity contribution < 1.29 is 31.4 Å². The molecule has 22 heavy (non-hydrogen) atoms. The molecule has 3 nitrogen and oxygen atoms in total. The van der Waals surface area contributed by atoms with E-state index in [-0.39, 0.29) is 5.69 Å². The maximum atomic E-state index is 14.3. The Hall–Kier alpha value is -2.58. The summed E-state index contributed by atoms with van der Waals surface area (Å²) in [5, 5.41) is 6.50. The van der Waals surface area contributed by atoms with E-state index in [1.54, 1.807) is 0 Å². The average molecular weight is 318 g/mol. The number of aromatic nitrogens is 2. The van der Waals surface area contributed by atoms with Gasteiger partial charge in [-0.05, 0) is 6.92 Å². The van der Waals surface area contributed by atoms with Gasteiger partial charge in [-0.3, -0.25) is 0 Å². The Balaban J connectivity index is 2.72. The highest BCUT2D eigenvalue weighted by Gasteiger charge is 2.29. The van der Waals surface area contributed by atoms with Crippen molar-refractivity contribution in [3.63, 3.8) is 0 Å². The van der Waals surface area contributed by atoms with E-state index in [4.69, 9.17) is 0 Å². The van der Waals surface area contributed by atoms with Crippen molar-refractivity contribution in [3.8, 4) is 5.88 Å². The average Bonchev–Trinajstić information content (AvgIpc) is 2.48. The van der Waals surface area contributed by atoms with E-state index in [2.05, 4.69) is 9.97 Å². The molecule has 0 saturated carbocycles. The van der Waals surface area contributed by atoms with Crippen LogP contribution in [-0.2, 0) is 0 Å². The summed E-state index contributed by atoms with van der Waals surface area (Å²) in [5.41, 5.74) is -1.99. The number of halogens is 6. The Morgan fingerprint density at radius 3 is 1.50 bits per heavy atom. The monoisotopic (exact) mass is 318 g/mol. The fourth-order valence-corrected chi connectivity index (χ4v) is 2.10. The second-order valence-corrected chi connectivity index (χ2v) is 4.46. The lowest BCUT2D eigenvalue weighted by Gasteiger charge is -2.10. The molecule has 0 aliphatic rings. The van der Waals surface area contributed by atoms with Crippen molar-refractivity contribution in [2.75, 3.05) is 0 Å². The molecular formula is C13H4F6N2O. The first kappa shape index (κ1) is 14.4. The third-order valence-corrected chi connectivity index (χ3v) is 3.17. The number of aromatic hydroxyl groups is 1. The highest BCUT2D eigenvalue weighted by Crippen LogP contribution is 2.35. The van der Waals surface area contributed by atoms with Crippen molar-refractivity contribution in [2.24, 2.45) is 0 Å². The first-order valence-electron chi connectivity index (χ1n) is 5.75. The molecule has 0 spiro atoms. The molecule has 3 aromatic rings. The summed E-state index contributed by atoms with van der Waals surface area (Å²) in [7, 11) is 0. The summed E-state index contributed by atoms with van der Waals surface area (Å²) < 4.78 is 82.3. The SMILES string of the molecule is Cc1nc2c(F)c3c(F)c(F)c(F)c(F)c3c(F)c2nc1O. The number of hydrogen-bond acceptors (Lipinski definition) is 3. The van der Waals surface area contributed by atoms with Gasteiger partial charge in [-0.25, -0.2) is 36.3 Å². The molecule has 2 aromatic carbocycles. The van der Waals surface area contributed by atoms with Gasteiger partial charge in [0.25, 0.3) is 0 Å². The van der Waals surface area contributed by atoms with E-state index in [0.29, 0.717) is 0 Å². The summed E-state index contributed by atoms with van der Waals surface area (Å²) in [6.07, 6.45) is 0. The molecule has 0 saturated heterocycles. The molecule has 114 valence electrons. The molecule has 9 heteroatoms. The van der Waals surface area contributed by atoms with Gasteiger partial charge in [0.15, 0.2) is 34.9 Å². The lowest BCUT2D eigenvalue weighted by Crippen LogP contribution is -2.05. The Morgan fingerprint density at radius 1 is 0.636 bits per heavy atom. The third-order valence-electron chi connectivity index (χ3n) is 3.17. The molecule has 3 rings (SSSR count). The molecule has 0 fully saturated rings. The molecule has 0 bridgehead atoms. The minimum atomic E-state index is -2.29. The number of nitrogens with zero attached hydrogens (tertiary/aromatic N) is 2. The second kappa shape index (κ2) is 4.46. The largest absolute Gasteiger partial charge is 0.492 e. The van der Waals surface area contributed by atoms with E-state index >= 15 is 0 Å². The van der Waals surface area contributed by atoms with Gasteiger partial charge in [0.2, 0.25) is 5.88 Å². The number of benzene rings is 2. The van der Waals surface area contributed by atoms with E-state index in [9.17, 15) is 31.4 Å². The number of aryl methyl sites for hydroxylation is 1. The zero-order chi connectivity index (χ0) is 16.3. The molecule has 0 amide bonds. The van der Waals surface area contributed by atoms with E-state index in [1.165, 1.54) is 6.92 Å². The quantitative estimate of drug-likeness (QED) is 0.298. The topological polar surface area (TPSA) is 46.0 Å². The smallest absolute Gasteiger partial charge is 0.233 e. The van der Waals surface area contributed by atoms with Gasteiger partial charge in [0.1, 0.15) is 16.7 Å².